The third-order valence-corrected chi connectivity index (χ3v) is 6.11. The molecule has 0 bridgehead atoms. The molecule has 0 aliphatic carbocycles. The SMILES string of the molecule is Cc1cc(C(=O)Nc2ccc3sc(C(=O)N4CCCCC4)cc3c2)n(C)c1. The lowest BCUT2D eigenvalue weighted by atomic mass is 10.1. The van der Waals surface area contributed by atoms with E-state index in [4.69, 9.17) is 0 Å². The molecule has 1 N–H and O–H groups in total. The highest BCUT2D eigenvalue weighted by molar-refractivity contribution is 7.20. The van der Waals surface area contributed by atoms with Crippen LogP contribution in [0.1, 0.15) is 45.0 Å². The van der Waals surface area contributed by atoms with Crippen molar-refractivity contribution < 1.29 is 9.59 Å². The molecule has 3 aromatic rings. The molecule has 6 heteroatoms. The Labute approximate surface area is 162 Å². The number of likely N-dealkylation sites (tertiary alicyclic amines) is 1. The van der Waals surface area contributed by atoms with Crippen LogP contribution in [0.3, 0.4) is 0 Å². The molecule has 0 saturated carbocycles. The van der Waals surface area contributed by atoms with E-state index in [0.29, 0.717) is 5.69 Å². The third-order valence-electron chi connectivity index (χ3n) is 5.00. The van der Waals surface area contributed by atoms with Crippen molar-refractivity contribution in [2.45, 2.75) is 26.2 Å². The molecule has 2 aromatic heterocycles. The van der Waals surface area contributed by atoms with Crippen molar-refractivity contribution in [1.82, 2.24) is 9.47 Å². The van der Waals surface area contributed by atoms with Gasteiger partial charge in [0, 0.05) is 36.7 Å². The Morgan fingerprint density at radius 3 is 2.56 bits per heavy atom. The molecule has 1 fully saturated rings. The number of carbonyl (C=O) groups is 2. The van der Waals surface area contributed by atoms with E-state index in [2.05, 4.69) is 5.32 Å². The van der Waals surface area contributed by atoms with Crippen molar-refractivity contribution in [2.24, 2.45) is 7.05 Å². The lowest BCUT2D eigenvalue weighted by Crippen LogP contribution is -2.35. The number of rotatable bonds is 3. The minimum atomic E-state index is -0.134. The molecular weight excluding hydrogens is 358 g/mol. The average molecular weight is 382 g/mol. The maximum atomic E-state index is 12.7. The number of aromatic nitrogens is 1. The second kappa shape index (κ2) is 7.19. The zero-order valence-corrected chi connectivity index (χ0v) is 16.4. The summed E-state index contributed by atoms with van der Waals surface area (Å²) >= 11 is 1.52. The van der Waals surface area contributed by atoms with Crippen LogP contribution in [0.15, 0.2) is 36.5 Å². The molecule has 1 aromatic carbocycles. The molecule has 140 valence electrons. The van der Waals surface area contributed by atoms with Gasteiger partial charge in [0.05, 0.1) is 4.88 Å². The number of fused-ring (bicyclic) bond motifs is 1. The number of hydrogen-bond donors (Lipinski definition) is 1. The van der Waals surface area contributed by atoms with Crippen LogP contribution < -0.4 is 5.32 Å². The molecule has 4 rings (SSSR count). The fourth-order valence-electron chi connectivity index (χ4n) is 3.63. The Morgan fingerprint density at radius 1 is 1.07 bits per heavy atom. The summed E-state index contributed by atoms with van der Waals surface area (Å²) in [5.74, 6) is -0.00873. The second-order valence-corrected chi connectivity index (χ2v) is 8.27. The number of thiophene rings is 1. The standard InChI is InChI=1S/C21H23N3O2S/c1-14-10-17(23(2)13-14)20(25)22-16-6-7-18-15(11-16)12-19(27-18)21(26)24-8-4-3-5-9-24/h6-7,10-13H,3-5,8-9H2,1-2H3,(H,22,25). The highest BCUT2D eigenvalue weighted by Crippen LogP contribution is 2.30. The van der Waals surface area contributed by atoms with Crippen LogP contribution in [-0.4, -0.2) is 34.4 Å². The first-order chi connectivity index (χ1) is 13.0. The quantitative estimate of drug-likeness (QED) is 0.730. The van der Waals surface area contributed by atoms with Gasteiger partial charge in [-0.25, -0.2) is 0 Å². The second-order valence-electron chi connectivity index (χ2n) is 7.18. The van der Waals surface area contributed by atoms with Gasteiger partial charge in [-0.3, -0.25) is 9.59 Å². The van der Waals surface area contributed by atoms with Crippen molar-refractivity contribution in [3.63, 3.8) is 0 Å². The van der Waals surface area contributed by atoms with Gasteiger partial charge in [-0.05, 0) is 67.5 Å². The number of carbonyl (C=O) groups excluding carboxylic acids is 2. The highest BCUT2D eigenvalue weighted by atomic mass is 32.1. The summed E-state index contributed by atoms with van der Waals surface area (Å²) in [6.07, 6.45) is 5.31. The van der Waals surface area contributed by atoms with Crippen LogP contribution >= 0.6 is 11.3 Å². The summed E-state index contributed by atoms with van der Waals surface area (Å²) in [7, 11) is 1.86. The summed E-state index contributed by atoms with van der Waals surface area (Å²) in [6.45, 7) is 3.67. The fraction of sp³-hybridized carbons (Fsp3) is 0.333. The lowest BCUT2D eigenvalue weighted by molar-refractivity contribution is 0.0729. The molecule has 1 aliphatic rings. The number of hydrogen-bond acceptors (Lipinski definition) is 3. The number of nitrogens with zero attached hydrogens (tertiary/aromatic N) is 2. The van der Waals surface area contributed by atoms with E-state index >= 15 is 0 Å². The lowest BCUT2D eigenvalue weighted by Gasteiger charge is -2.26. The number of aryl methyl sites for hydroxylation is 2. The Bertz CT molecular complexity index is 1010. The summed E-state index contributed by atoms with van der Waals surface area (Å²) in [5, 5.41) is 3.94. The first-order valence-electron chi connectivity index (χ1n) is 9.28. The van der Waals surface area contributed by atoms with Crippen LogP contribution in [0.2, 0.25) is 0 Å². The summed E-state index contributed by atoms with van der Waals surface area (Å²) in [5.41, 5.74) is 2.41. The van der Waals surface area contributed by atoms with Crippen LogP contribution in [0.5, 0.6) is 0 Å². The van der Waals surface area contributed by atoms with E-state index in [-0.39, 0.29) is 11.8 Å². The molecule has 1 saturated heterocycles. The first-order valence-corrected chi connectivity index (χ1v) is 10.1. The van der Waals surface area contributed by atoms with E-state index in [1.165, 1.54) is 17.8 Å². The largest absolute Gasteiger partial charge is 0.346 e. The van der Waals surface area contributed by atoms with E-state index in [9.17, 15) is 9.59 Å². The Morgan fingerprint density at radius 2 is 1.85 bits per heavy atom. The number of benzene rings is 1. The molecule has 1 aliphatic heterocycles. The van der Waals surface area contributed by atoms with Gasteiger partial charge >= 0.3 is 0 Å². The van der Waals surface area contributed by atoms with Crippen LogP contribution in [-0.2, 0) is 7.05 Å². The Kier molecular flexibility index (Phi) is 4.74. The fourth-order valence-corrected chi connectivity index (χ4v) is 4.64. The number of piperidine rings is 1. The molecule has 5 nitrogen and oxygen atoms in total. The number of amides is 2. The van der Waals surface area contributed by atoms with Crippen molar-refractivity contribution in [3.8, 4) is 0 Å². The van der Waals surface area contributed by atoms with Crippen molar-refractivity contribution in [2.75, 3.05) is 18.4 Å². The number of nitrogens with one attached hydrogen (secondary N) is 1. The smallest absolute Gasteiger partial charge is 0.272 e. The summed E-state index contributed by atoms with van der Waals surface area (Å²) in [4.78, 5) is 28.0. The van der Waals surface area contributed by atoms with Crippen molar-refractivity contribution >= 4 is 38.9 Å². The third kappa shape index (κ3) is 3.62. The number of anilines is 1. The average Bonchev–Trinajstić information content (AvgIpc) is 3.24. The molecule has 2 amide bonds. The molecule has 0 radical (unpaired) electrons. The van der Waals surface area contributed by atoms with Gasteiger partial charge in [-0.2, -0.15) is 0 Å². The van der Waals surface area contributed by atoms with Crippen molar-refractivity contribution in [3.05, 3.63) is 52.7 Å². The molecule has 27 heavy (non-hydrogen) atoms. The van der Waals surface area contributed by atoms with Gasteiger partial charge in [-0.15, -0.1) is 11.3 Å². The zero-order chi connectivity index (χ0) is 19.0. The van der Waals surface area contributed by atoms with Crippen LogP contribution in [0, 0.1) is 6.92 Å². The van der Waals surface area contributed by atoms with Crippen molar-refractivity contribution in [1.29, 1.82) is 0 Å². The van der Waals surface area contributed by atoms with Gasteiger partial charge in [0.1, 0.15) is 5.69 Å². The molecular formula is C21H23N3O2S. The maximum Gasteiger partial charge on any atom is 0.272 e. The minimum Gasteiger partial charge on any atom is -0.346 e. The zero-order valence-electron chi connectivity index (χ0n) is 15.6. The Hall–Kier alpha value is -2.60. The normalized spacial score (nSPS) is 14.5. The maximum absolute atomic E-state index is 12.7. The predicted molar refractivity (Wildman–Crippen MR) is 110 cm³/mol. The van der Waals surface area contributed by atoms with Gasteiger partial charge in [-0.1, -0.05) is 0 Å². The predicted octanol–water partition coefficient (Wildman–Crippen LogP) is 4.43. The molecule has 0 spiro atoms. The van der Waals surface area contributed by atoms with E-state index in [1.54, 1.807) is 0 Å². The summed E-state index contributed by atoms with van der Waals surface area (Å²) < 4.78 is 2.88. The topological polar surface area (TPSA) is 54.3 Å². The molecule has 0 unspecified atom stereocenters. The van der Waals surface area contributed by atoms with Gasteiger partial charge in [0.2, 0.25) is 0 Å². The van der Waals surface area contributed by atoms with Gasteiger partial charge in [0.15, 0.2) is 0 Å². The minimum absolute atomic E-state index is 0.126. The summed E-state index contributed by atoms with van der Waals surface area (Å²) in [6, 6.07) is 9.61. The van der Waals surface area contributed by atoms with E-state index in [1.807, 2.05) is 60.0 Å². The first kappa shape index (κ1) is 17.8. The monoisotopic (exact) mass is 381 g/mol. The van der Waals surface area contributed by atoms with E-state index < -0.39 is 0 Å². The van der Waals surface area contributed by atoms with E-state index in [0.717, 1.165) is 52.1 Å². The van der Waals surface area contributed by atoms with Crippen LogP contribution in [0.25, 0.3) is 10.1 Å². The molecule has 0 atom stereocenters. The highest BCUT2D eigenvalue weighted by Gasteiger charge is 2.20. The van der Waals surface area contributed by atoms with Gasteiger partial charge < -0.3 is 14.8 Å². The van der Waals surface area contributed by atoms with Crippen LogP contribution in [0.4, 0.5) is 5.69 Å². The molecule has 3 heterocycles. The Balaban J connectivity index is 1.54. The van der Waals surface area contributed by atoms with Gasteiger partial charge in [0.25, 0.3) is 11.8 Å².